The molecule has 0 N–H and O–H groups in total. The molecule has 0 aliphatic carbocycles. The summed E-state index contributed by atoms with van der Waals surface area (Å²) in [4.78, 5) is 13.5. The van der Waals surface area contributed by atoms with E-state index in [-0.39, 0.29) is 5.91 Å². The van der Waals surface area contributed by atoms with Crippen LogP contribution >= 0.6 is 11.8 Å². The third-order valence-electron chi connectivity index (χ3n) is 3.93. The highest BCUT2D eigenvalue weighted by atomic mass is 32.2. The molecule has 0 bridgehead atoms. The quantitative estimate of drug-likeness (QED) is 0.852. The van der Waals surface area contributed by atoms with E-state index in [2.05, 4.69) is 31.2 Å². The van der Waals surface area contributed by atoms with Crippen LogP contribution in [0.15, 0.2) is 34.3 Å². The summed E-state index contributed by atoms with van der Waals surface area (Å²) in [6, 6.07) is 8.46. The summed E-state index contributed by atoms with van der Waals surface area (Å²) in [6.45, 7) is 2.89. The van der Waals surface area contributed by atoms with Crippen molar-refractivity contribution in [3.8, 4) is 0 Å². The predicted molar refractivity (Wildman–Crippen MR) is 83.0 cm³/mol. The van der Waals surface area contributed by atoms with Gasteiger partial charge < -0.3 is 0 Å². The maximum atomic E-state index is 12.2. The van der Waals surface area contributed by atoms with Crippen molar-refractivity contribution in [2.75, 3.05) is 12.3 Å². The first-order chi connectivity index (χ1) is 9.79. The van der Waals surface area contributed by atoms with Crippen LogP contribution in [0.4, 0.5) is 0 Å². The summed E-state index contributed by atoms with van der Waals surface area (Å²) in [6.07, 6.45) is 3.77. The Kier molecular flexibility index (Phi) is 4.10. The molecule has 3 nitrogen and oxygen atoms in total. The number of carbonyl (C=O) groups is 1. The van der Waals surface area contributed by atoms with Gasteiger partial charge in [0.1, 0.15) is 0 Å². The van der Waals surface area contributed by atoms with Crippen LogP contribution in [0.2, 0.25) is 0 Å². The van der Waals surface area contributed by atoms with Crippen molar-refractivity contribution >= 4 is 23.4 Å². The predicted octanol–water partition coefficient (Wildman–Crippen LogP) is 3.54. The van der Waals surface area contributed by atoms with Crippen molar-refractivity contribution in [2.24, 2.45) is 11.0 Å². The minimum atomic E-state index is 0.191. The summed E-state index contributed by atoms with van der Waals surface area (Å²) >= 11 is 1.89. The molecule has 4 heteroatoms. The van der Waals surface area contributed by atoms with Gasteiger partial charge in [0.15, 0.2) is 0 Å². The summed E-state index contributed by atoms with van der Waals surface area (Å²) in [5, 5.41) is 6.41. The van der Waals surface area contributed by atoms with Gasteiger partial charge in [-0.05, 0) is 24.7 Å². The number of unbranched alkanes of at least 4 members (excludes halogenated alkanes) is 1. The van der Waals surface area contributed by atoms with E-state index >= 15 is 0 Å². The lowest BCUT2D eigenvalue weighted by molar-refractivity contribution is -0.132. The number of hydrazone groups is 1. The average Bonchev–Trinajstić information content (AvgIpc) is 2.64. The molecule has 2 aliphatic heterocycles. The van der Waals surface area contributed by atoms with Crippen molar-refractivity contribution in [3.63, 3.8) is 0 Å². The first-order valence-electron chi connectivity index (χ1n) is 7.40. The first-order valence-corrected chi connectivity index (χ1v) is 8.39. The molecule has 2 heterocycles. The van der Waals surface area contributed by atoms with E-state index in [1.165, 1.54) is 10.5 Å². The van der Waals surface area contributed by atoms with Gasteiger partial charge in [-0.2, -0.15) is 5.10 Å². The number of nitrogens with zero attached hydrogens (tertiary/aromatic N) is 2. The molecule has 3 rings (SSSR count). The van der Waals surface area contributed by atoms with Crippen LogP contribution in [-0.2, 0) is 4.79 Å². The second-order valence-corrected chi connectivity index (χ2v) is 6.53. The SMILES string of the molecule is CCCCN1N=C2c3ccccc3SCCC2CC1=O. The molecule has 106 valence electrons. The second-order valence-electron chi connectivity index (χ2n) is 5.39. The third-order valence-corrected chi connectivity index (χ3v) is 5.04. The summed E-state index contributed by atoms with van der Waals surface area (Å²) < 4.78 is 0. The molecule has 1 unspecified atom stereocenters. The Morgan fingerprint density at radius 1 is 1.40 bits per heavy atom. The van der Waals surface area contributed by atoms with Gasteiger partial charge in [-0.15, -0.1) is 11.8 Å². The van der Waals surface area contributed by atoms with Crippen LogP contribution in [0, 0.1) is 5.92 Å². The number of fused-ring (bicyclic) bond motifs is 3. The Bertz CT molecular complexity index is 541. The van der Waals surface area contributed by atoms with Gasteiger partial charge in [-0.25, -0.2) is 5.01 Å². The molecule has 0 spiro atoms. The summed E-state index contributed by atoms with van der Waals surface area (Å²) in [5.74, 6) is 1.57. The number of hydrogen-bond acceptors (Lipinski definition) is 3. The molecule has 20 heavy (non-hydrogen) atoms. The molecule has 1 aromatic carbocycles. The van der Waals surface area contributed by atoms with Crippen molar-refractivity contribution in [1.29, 1.82) is 0 Å². The fraction of sp³-hybridized carbons (Fsp3) is 0.500. The normalized spacial score (nSPS) is 21.9. The van der Waals surface area contributed by atoms with Crippen LogP contribution < -0.4 is 0 Å². The van der Waals surface area contributed by atoms with Crippen LogP contribution in [0.3, 0.4) is 0 Å². The Morgan fingerprint density at radius 3 is 3.10 bits per heavy atom. The second kappa shape index (κ2) is 6.00. The number of benzene rings is 1. The Labute approximate surface area is 124 Å². The van der Waals surface area contributed by atoms with Gasteiger partial charge >= 0.3 is 0 Å². The molecule has 2 aliphatic rings. The Balaban J connectivity index is 1.97. The van der Waals surface area contributed by atoms with E-state index in [1.54, 1.807) is 5.01 Å². The molecule has 0 radical (unpaired) electrons. The maximum absolute atomic E-state index is 12.2. The molecule has 0 aromatic heterocycles. The first kappa shape index (κ1) is 13.7. The number of carbonyl (C=O) groups excluding carboxylic acids is 1. The fourth-order valence-corrected chi connectivity index (χ4v) is 3.92. The zero-order valence-electron chi connectivity index (χ0n) is 11.8. The monoisotopic (exact) mass is 288 g/mol. The van der Waals surface area contributed by atoms with E-state index in [1.807, 2.05) is 11.8 Å². The smallest absolute Gasteiger partial charge is 0.243 e. The molecule has 0 saturated carbocycles. The topological polar surface area (TPSA) is 32.7 Å². The minimum absolute atomic E-state index is 0.191. The standard InChI is InChI=1S/C16H20N2OS/c1-2-3-9-18-15(19)11-12-8-10-20-14-7-5-4-6-13(14)16(12)17-18/h4-7,12H,2-3,8-11H2,1H3. The highest BCUT2D eigenvalue weighted by Crippen LogP contribution is 2.35. The average molecular weight is 288 g/mol. The van der Waals surface area contributed by atoms with Gasteiger partial charge in [0.25, 0.3) is 0 Å². The van der Waals surface area contributed by atoms with E-state index in [9.17, 15) is 4.79 Å². The van der Waals surface area contributed by atoms with Crippen molar-refractivity contribution in [2.45, 2.75) is 37.5 Å². The Morgan fingerprint density at radius 2 is 2.25 bits per heavy atom. The largest absolute Gasteiger partial charge is 0.273 e. The zero-order valence-corrected chi connectivity index (χ0v) is 12.7. The van der Waals surface area contributed by atoms with Crippen molar-refractivity contribution in [1.82, 2.24) is 5.01 Å². The molecule has 1 atom stereocenters. The molecule has 1 amide bonds. The van der Waals surface area contributed by atoms with Crippen LogP contribution in [0.1, 0.15) is 38.2 Å². The van der Waals surface area contributed by atoms with Crippen molar-refractivity contribution in [3.05, 3.63) is 29.8 Å². The number of hydrogen-bond donors (Lipinski definition) is 0. The molecular formula is C16H20N2OS. The maximum Gasteiger partial charge on any atom is 0.243 e. The highest BCUT2D eigenvalue weighted by Gasteiger charge is 2.32. The van der Waals surface area contributed by atoms with E-state index in [4.69, 9.17) is 5.10 Å². The number of thioether (sulfide) groups is 1. The molecule has 0 saturated heterocycles. The summed E-state index contributed by atoms with van der Waals surface area (Å²) in [7, 11) is 0. The number of rotatable bonds is 3. The summed E-state index contributed by atoms with van der Waals surface area (Å²) in [5.41, 5.74) is 2.36. The van der Waals surface area contributed by atoms with Crippen molar-refractivity contribution < 1.29 is 4.79 Å². The van der Waals surface area contributed by atoms with Crippen LogP contribution in [0.25, 0.3) is 0 Å². The van der Waals surface area contributed by atoms with E-state index in [0.717, 1.165) is 37.3 Å². The van der Waals surface area contributed by atoms with Crippen LogP contribution in [-0.4, -0.2) is 28.9 Å². The highest BCUT2D eigenvalue weighted by molar-refractivity contribution is 7.99. The van der Waals surface area contributed by atoms with Gasteiger partial charge in [0.05, 0.1) is 5.71 Å². The lowest BCUT2D eigenvalue weighted by Crippen LogP contribution is -2.37. The van der Waals surface area contributed by atoms with Crippen LogP contribution in [0.5, 0.6) is 0 Å². The minimum Gasteiger partial charge on any atom is -0.273 e. The fourth-order valence-electron chi connectivity index (χ4n) is 2.79. The third kappa shape index (κ3) is 2.62. The van der Waals surface area contributed by atoms with Gasteiger partial charge in [-0.1, -0.05) is 31.5 Å². The zero-order chi connectivity index (χ0) is 13.9. The lowest BCUT2D eigenvalue weighted by atomic mass is 9.90. The van der Waals surface area contributed by atoms with Gasteiger partial charge in [-0.3, -0.25) is 4.79 Å². The van der Waals surface area contributed by atoms with E-state index < -0.39 is 0 Å². The van der Waals surface area contributed by atoms with Gasteiger partial charge in [0.2, 0.25) is 5.91 Å². The number of amides is 1. The van der Waals surface area contributed by atoms with Gasteiger partial charge in [0, 0.05) is 29.3 Å². The molecular weight excluding hydrogens is 268 g/mol. The Hall–Kier alpha value is -1.29. The molecule has 0 fully saturated rings. The van der Waals surface area contributed by atoms with E-state index in [0.29, 0.717) is 12.3 Å². The molecule has 1 aromatic rings. The lowest BCUT2D eigenvalue weighted by Gasteiger charge is -2.28.